The zero-order valence-corrected chi connectivity index (χ0v) is 12.0. The number of piperidine rings is 1. The molecule has 0 saturated carbocycles. The average Bonchev–Trinajstić information content (AvgIpc) is 2.43. The van der Waals surface area contributed by atoms with Gasteiger partial charge in [-0.25, -0.2) is 4.39 Å². The second kappa shape index (κ2) is 5.70. The van der Waals surface area contributed by atoms with Gasteiger partial charge in [-0.3, -0.25) is 0 Å². The summed E-state index contributed by atoms with van der Waals surface area (Å²) in [5.74, 6) is 1.50. The summed E-state index contributed by atoms with van der Waals surface area (Å²) in [5.41, 5.74) is 7.15. The first-order valence-corrected chi connectivity index (χ1v) is 7.53. The Bertz CT molecular complexity index is 480. The Morgan fingerprint density at radius 2 is 2.30 bits per heavy atom. The molecule has 0 radical (unpaired) electrons. The van der Waals surface area contributed by atoms with Crippen LogP contribution in [0.2, 0.25) is 0 Å². The maximum absolute atomic E-state index is 13.4. The number of halogens is 1. The Hall–Kier alpha value is -1.13. The van der Waals surface area contributed by atoms with E-state index in [0.29, 0.717) is 6.61 Å². The van der Waals surface area contributed by atoms with E-state index in [1.54, 1.807) is 6.07 Å². The van der Waals surface area contributed by atoms with Crippen LogP contribution in [0.3, 0.4) is 0 Å². The minimum absolute atomic E-state index is 0.133. The summed E-state index contributed by atoms with van der Waals surface area (Å²) in [6.45, 7) is 6.16. The first kappa shape index (κ1) is 13.8. The van der Waals surface area contributed by atoms with Crippen molar-refractivity contribution < 1.29 is 9.13 Å². The lowest BCUT2D eigenvalue weighted by molar-refractivity contribution is 0.109. The van der Waals surface area contributed by atoms with Crippen LogP contribution >= 0.6 is 0 Å². The molecular weight excluding hydrogens is 255 g/mol. The van der Waals surface area contributed by atoms with Gasteiger partial charge in [0.15, 0.2) is 0 Å². The molecule has 110 valence electrons. The van der Waals surface area contributed by atoms with Gasteiger partial charge in [-0.05, 0) is 43.5 Å². The predicted octanol–water partition coefficient (Wildman–Crippen LogP) is 2.57. The summed E-state index contributed by atoms with van der Waals surface area (Å²) in [6.07, 6.45) is 2.58. The van der Waals surface area contributed by atoms with Crippen LogP contribution in [-0.4, -0.2) is 31.1 Å². The first-order chi connectivity index (χ1) is 9.63. The number of likely N-dealkylation sites (tertiary alicyclic amines) is 1. The number of nitrogens with zero attached hydrogens (tertiary/aromatic N) is 1. The number of hydrogen-bond donors (Lipinski definition) is 1. The molecular formula is C16H23FN2O. The van der Waals surface area contributed by atoms with Crippen LogP contribution in [0.15, 0.2) is 18.2 Å². The molecule has 2 N–H and O–H groups in total. The Balaban J connectivity index is 1.70. The van der Waals surface area contributed by atoms with Crippen molar-refractivity contribution in [2.45, 2.75) is 25.8 Å². The van der Waals surface area contributed by atoms with Gasteiger partial charge in [-0.1, -0.05) is 6.92 Å². The number of hydrogen-bond acceptors (Lipinski definition) is 3. The topological polar surface area (TPSA) is 38.5 Å². The minimum Gasteiger partial charge on any atom is -0.493 e. The highest BCUT2D eigenvalue weighted by Gasteiger charge is 2.30. The van der Waals surface area contributed by atoms with Crippen molar-refractivity contribution in [2.75, 3.05) is 26.2 Å². The fourth-order valence-corrected chi connectivity index (χ4v) is 3.42. The minimum atomic E-state index is -0.241. The van der Waals surface area contributed by atoms with Crippen LogP contribution < -0.4 is 10.5 Å². The quantitative estimate of drug-likeness (QED) is 0.903. The molecule has 0 spiro atoms. The van der Waals surface area contributed by atoms with Crippen molar-refractivity contribution in [1.29, 1.82) is 0 Å². The largest absolute Gasteiger partial charge is 0.493 e. The first-order valence-electron chi connectivity index (χ1n) is 7.53. The summed E-state index contributed by atoms with van der Waals surface area (Å²) < 4.78 is 19.1. The van der Waals surface area contributed by atoms with Crippen LogP contribution in [-0.2, 0) is 0 Å². The van der Waals surface area contributed by atoms with Gasteiger partial charge in [0.05, 0.1) is 6.61 Å². The third-order valence-corrected chi connectivity index (χ3v) is 4.53. The molecule has 1 fully saturated rings. The number of rotatable bonds is 2. The standard InChI is InChI=1S/C16H23FN2O/c1-11-3-2-6-19(8-11)9-12-10-20-15-5-4-13(17)7-14(15)16(12)18/h4-5,7,11-12,16H,2-3,6,8-10,18H2,1H3. The van der Waals surface area contributed by atoms with Gasteiger partial charge in [0, 0.05) is 30.6 Å². The smallest absolute Gasteiger partial charge is 0.124 e. The Morgan fingerprint density at radius 3 is 3.10 bits per heavy atom. The van der Waals surface area contributed by atoms with E-state index in [2.05, 4.69) is 11.8 Å². The fraction of sp³-hybridized carbons (Fsp3) is 0.625. The molecule has 1 saturated heterocycles. The SMILES string of the molecule is CC1CCCN(CC2COc3ccc(F)cc3C2N)C1. The third-order valence-electron chi connectivity index (χ3n) is 4.53. The lowest BCUT2D eigenvalue weighted by atomic mass is 9.89. The van der Waals surface area contributed by atoms with Crippen molar-refractivity contribution in [3.8, 4) is 5.75 Å². The molecule has 0 amide bonds. The third kappa shape index (κ3) is 2.81. The van der Waals surface area contributed by atoms with E-state index in [9.17, 15) is 4.39 Å². The molecule has 3 rings (SSSR count). The van der Waals surface area contributed by atoms with Gasteiger partial charge < -0.3 is 15.4 Å². The zero-order chi connectivity index (χ0) is 14.1. The molecule has 2 aliphatic rings. The lowest BCUT2D eigenvalue weighted by Gasteiger charge is -2.37. The van der Waals surface area contributed by atoms with Crippen LogP contribution in [0.4, 0.5) is 4.39 Å². The maximum Gasteiger partial charge on any atom is 0.124 e. The molecule has 1 aromatic rings. The summed E-state index contributed by atoms with van der Waals surface area (Å²) >= 11 is 0. The molecule has 3 nitrogen and oxygen atoms in total. The Kier molecular flexibility index (Phi) is 3.94. The second-order valence-electron chi connectivity index (χ2n) is 6.29. The molecule has 2 aliphatic heterocycles. The van der Waals surface area contributed by atoms with Crippen molar-refractivity contribution in [3.63, 3.8) is 0 Å². The normalized spacial score (nSPS) is 30.6. The molecule has 2 heterocycles. The molecule has 3 unspecified atom stereocenters. The summed E-state index contributed by atoms with van der Waals surface area (Å²) in [6, 6.07) is 4.50. The fourth-order valence-electron chi connectivity index (χ4n) is 3.42. The van der Waals surface area contributed by atoms with Gasteiger partial charge in [0.2, 0.25) is 0 Å². The molecule has 1 aromatic carbocycles. The van der Waals surface area contributed by atoms with E-state index in [4.69, 9.17) is 10.5 Å². The highest BCUT2D eigenvalue weighted by atomic mass is 19.1. The molecule has 0 bridgehead atoms. The maximum atomic E-state index is 13.4. The highest BCUT2D eigenvalue weighted by molar-refractivity contribution is 5.38. The van der Waals surface area contributed by atoms with E-state index in [-0.39, 0.29) is 17.8 Å². The van der Waals surface area contributed by atoms with Crippen molar-refractivity contribution in [2.24, 2.45) is 17.6 Å². The van der Waals surface area contributed by atoms with Crippen molar-refractivity contribution >= 4 is 0 Å². The van der Waals surface area contributed by atoms with Crippen LogP contribution in [0.1, 0.15) is 31.4 Å². The monoisotopic (exact) mass is 278 g/mol. The average molecular weight is 278 g/mol. The van der Waals surface area contributed by atoms with Gasteiger partial charge >= 0.3 is 0 Å². The number of fused-ring (bicyclic) bond motifs is 1. The number of nitrogens with two attached hydrogens (primary N) is 1. The summed E-state index contributed by atoms with van der Waals surface area (Å²) in [4.78, 5) is 2.48. The predicted molar refractivity (Wildman–Crippen MR) is 77.2 cm³/mol. The van der Waals surface area contributed by atoms with E-state index >= 15 is 0 Å². The molecule has 4 heteroatoms. The summed E-state index contributed by atoms with van der Waals surface area (Å²) in [7, 11) is 0. The van der Waals surface area contributed by atoms with Crippen LogP contribution in [0.25, 0.3) is 0 Å². The molecule has 0 aromatic heterocycles. The van der Waals surface area contributed by atoms with Gasteiger partial charge in [0.1, 0.15) is 11.6 Å². The Labute approximate surface area is 119 Å². The van der Waals surface area contributed by atoms with Crippen LogP contribution in [0.5, 0.6) is 5.75 Å². The van der Waals surface area contributed by atoms with Gasteiger partial charge in [0.25, 0.3) is 0 Å². The van der Waals surface area contributed by atoms with Crippen molar-refractivity contribution in [1.82, 2.24) is 4.90 Å². The van der Waals surface area contributed by atoms with Gasteiger partial charge in [-0.2, -0.15) is 0 Å². The number of ether oxygens (including phenoxy) is 1. The number of benzene rings is 1. The summed E-state index contributed by atoms with van der Waals surface area (Å²) in [5, 5.41) is 0. The van der Waals surface area contributed by atoms with E-state index in [0.717, 1.165) is 36.9 Å². The van der Waals surface area contributed by atoms with Gasteiger partial charge in [-0.15, -0.1) is 0 Å². The zero-order valence-electron chi connectivity index (χ0n) is 12.0. The van der Waals surface area contributed by atoms with Crippen molar-refractivity contribution in [3.05, 3.63) is 29.6 Å². The van der Waals surface area contributed by atoms with E-state index in [1.165, 1.54) is 25.0 Å². The van der Waals surface area contributed by atoms with E-state index < -0.39 is 0 Å². The Morgan fingerprint density at radius 1 is 1.45 bits per heavy atom. The highest BCUT2D eigenvalue weighted by Crippen LogP contribution is 2.35. The van der Waals surface area contributed by atoms with Crippen LogP contribution in [0, 0.1) is 17.7 Å². The molecule has 3 atom stereocenters. The molecule has 0 aliphatic carbocycles. The second-order valence-corrected chi connectivity index (χ2v) is 6.29. The molecule has 20 heavy (non-hydrogen) atoms. The lowest BCUT2D eigenvalue weighted by Crippen LogP contribution is -2.43. The van der Waals surface area contributed by atoms with E-state index in [1.807, 2.05) is 0 Å².